The van der Waals surface area contributed by atoms with Gasteiger partial charge in [-0.1, -0.05) is 19.1 Å². The average molecular weight is 271 g/mol. The highest BCUT2D eigenvalue weighted by atomic mass is 32.2. The fourth-order valence-corrected chi connectivity index (χ4v) is 2.78. The molecule has 6 heteroatoms. The van der Waals surface area contributed by atoms with Crippen molar-refractivity contribution in [3.8, 4) is 0 Å². The number of hydrogen-bond donors (Lipinski definition) is 2. The molecule has 100 valence electrons. The van der Waals surface area contributed by atoms with Gasteiger partial charge in [-0.25, -0.2) is 13.1 Å². The minimum atomic E-state index is -3.70. The highest BCUT2D eigenvalue weighted by Gasteiger charge is 2.19. The van der Waals surface area contributed by atoms with Crippen LogP contribution in [0, 0.1) is 0 Å². The minimum absolute atomic E-state index is 0.0297. The Balaban J connectivity index is 3.05. The molecule has 0 heterocycles. The number of sulfonamides is 1. The van der Waals surface area contributed by atoms with E-state index in [2.05, 4.69) is 4.72 Å². The molecule has 1 aromatic rings. The Bertz CT molecular complexity index is 521. The Kier molecular flexibility index (Phi) is 5.01. The number of hydrogen-bond acceptors (Lipinski definition) is 4. The van der Waals surface area contributed by atoms with Crippen molar-refractivity contribution in [2.75, 3.05) is 6.61 Å². The molecule has 0 saturated heterocycles. The lowest BCUT2D eigenvalue weighted by Gasteiger charge is -2.14. The first-order chi connectivity index (χ1) is 8.40. The van der Waals surface area contributed by atoms with Crippen LogP contribution in [0.25, 0.3) is 0 Å². The van der Waals surface area contributed by atoms with Crippen LogP contribution in [0.3, 0.4) is 0 Å². The summed E-state index contributed by atoms with van der Waals surface area (Å²) in [7, 11) is -3.70. The van der Waals surface area contributed by atoms with E-state index in [0.717, 1.165) is 0 Å². The van der Waals surface area contributed by atoms with Crippen LogP contribution in [0.15, 0.2) is 29.2 Å². The second kappa shape index (κ2) is 6.08. The zero-order chi connectivity index (χ0) is 13.8. The standard InChI is InChI=1S/C12H17NO4S/c1-3-11(8-14)13-18(16,17)12-6-4-5-10(7-12)9(2)15/h4-7,11,13-14H,3,8H2,1-2H3/t11-/m0/s1. The lowest BCUT2D eigenvalue weighted by Crippen LogP contribution is -2.36. The average Bonchev–Trinajstić information content (AvgIpc) is 2.36. The van der Waals surface area contributed by atoms with Gasteiger partial charge < -0.3 is 5.11 Å². The molecule has 0 radical (unpaired) electrons. The topological polar surface area (TPSA) is 83.5 Å². The van der Waals surface area contributed by atoms with Crippen molar-refractivity contribution in [1.82, 2.24) is 4.72 Å². The fraction of sp³-hybridized carbons (Fsp3) is 0.417. The largest absolute Gasteiger partial charge is 0.395 e. The summed E-state index contributed by atoms with van der Waals surface area (Å²) >= 11 is 0. The Morgan fingerprint density at radius 2 is 2.11 bits per heavy atom. The maximum atomic E-state index is 12.0. The second-order valence-corrected chi connectivity index (χ2v) is 5.71. The maximum absolute atomic E-state index is 12.0. The summed E-state index contributed by atoms with van der Waals surface area (Å²) in [5.74, 6) is -0.193. The quantitative estimate of drug-likeness (QED) is 0.754. The van der Waals surface area contributed by atoms with Crippen LogP contribution in [0.1, 0.15) is 30.6 Å². The molecule has 5 nitrogen and oxygen atoms in total. The zero-order valence-electron chi connectivity index (χ0n) is 10.4. The molecule has 0 unspecified atom stereocenters. The molecular weight excluding hydrogens is 254 g/mol. The van der Waals surface area contributed by atoms with Gasteiger partial charge >= 0.3 is 0 Å². The van der Waals surface area contributed by atoms with Crippen molar-refractivity contribution in [2.24, 2.45) is 0 Å². The third kappa shape index (κ3) is 3.63. The van der Waals surface area contributed by atoms with Crippen LogP contribution >= 0.6 is 0 Å². The Labute approximate surface area is 107 Å². The van der Waals surface area contributed by atoms with Crippen molar-refractivity contribution in [3.05, 3.63) is 29.8 Å². The van der Waals surface area contributed by atoms with Gasteiger partial charge in [0, 0.05) is 11.6 Å². The molecule has 0 saturated carbocycles. The smallest absolute Gasteiger partial charge is 0.240 e. The molecular formula is C12H17NO4S. The minimum Gasteiger partial charge on any atom is -0.395 e. The summed E-state index contributed by atoms with van der Waals surface area (Å²) in [5.41, 5.74) is 0.343. The summed E-state index contributed by atoms with van der Waals surface area (Å²) in [6.07, 6.45) is 0.488. The first-order valence-corrected chi connectivity index (χ1v) is 7.13. The van der Waals surface area contributed by atoms with E-state index in [1.165, 1.54) is 25.1 Å². The summed E-state index contributed by atoms with van der Waals surface area (Å²) in [6.45, 7) is 2.89. The lowest BCUT2D eigenvalue weighted by atomic mass is 10.2. The molecule has 0 aromatic heterocycles. The van der Waals surface area contributed by atoms with Gasteiger partial charge in [0.05, 0.1) is 11.5 Å². The first kappa shape index (κ1) is 14.8. The van der Waals surface area contributed by atoms with Crippen LogP contribution in [0.2, 0.25) is 0 Å². The number of aliphatic hydroxyl groups excluding tert-OH is 1. The molecule has 1 rings (SSSR count). The number of ketones is 1. The highest BCUT2D eigenvalue weighted by Crippen LogP contribution is 2.13. The van der Waals surface area contributed by atoms with Crippen molar-refractivity contribution in [1.29, 1.82) is 0 Å². The van der Waals surface area contributed by atoms with Crippen molar-refractivity contribution in [2.45, 2.75) is 31.2 Å². The van der Waals surface area contributed by atoms with Gasteiger partial charge in [0.1, 0.15) is 0 Å². The molecule has 0 fully saturated rings. The Hall–Kier alpha value is -1.24. The third-order valence-electron chi connectivity index (χ3n) is 2.59. The van der Waals surface area contributed by atoms with Crippen LogP contribution in [0.5, 0.6) is 0 Å². The lowest BCUT2D eigenvalue weighted by molar-refractivity contribution is 0.101. The SMILES string of the molecule is CC[C@@H](CO)NS(=O)(=O)c1cccc(C(C)=O)c1. The molecule has 1 atom stereocenters. The number of rotatable bonds is 6. The van der Waals surface area contributed by atoms with E-state index in [1.54, 1.807) is 13.0 Å². The van der Waals surface area contributed by atoms with Crippen LogP contribution in [-0.4, -0.2) is 32.0 Å². The Morgan fingerprint density at radius 3 is 2.61 bits per heavy atom. The molecule has 1 aromatic carbocycles. The third-order valence-corrected chi connectivity index (χ3v) is 4.10. The summed E-state index contributed by atoms with van der Waals surface area (Å²) in [6, 6.07) is 5.31. The summed E-state index contributed by atoms with van der Waals surface area (Å²) < 4.78 is 26.4. The van der Waals surface area contributed by atoms with Gasteiger partial charge in [0.25, 0.3) is 0 Å². The van der Waals surface area contributed by atoms with Crippen LogP contribution < -0.4 is 4.72 Å². The van der Waals surface area contributed by atoms with Crippen LogP contribution in [-0.2, 0) is 10.0 Å². The highest BCUT2D eigenvalue weighted by molar-refractivity contribution is 7.89. The molecule has 0 bridgehead atoms. The fourth-order valence-electron chi connectivity index (χ4n) is 1.42. The van der Waals surface area contributed by atoms with Gasteiger partial charge in [-0.15, -0.1) is 0 Å². The van der Waals surface area contributed by atoms with E-state index in [1.807, 2.05) is 0 Å². The molecule has 0 aliphatic rings. The number of carbonyl (C=O) groups excluding carboxylic acids is 1. The molecule has 0 spiro atoms. The maximum Gasteiger partial charge on any atom is 0.240 e. The van der Waals surface area contributed by atoms with E-state index < -0.39 is 16.1 Å². The van der Waals surface area contributed by atoms with Crippen molar-refractivity contribution in [3.63, 3.8) is 0 Å². The van der Waals surface area contributed by atoms with Crippen molar-refractivity contribution >= 4 is 15.8 Å². The van der Waals surface area contributed by atoms with Crippen LogP contribution in [0.4, 0.5) is 0 Å². The normalized spacial score (nSPS) is 13.3. The van der Waals surface area contributed by atoms with Gasteiger partial charge in [-0.05, 0) is 25.5 Å². The van der Waals surface area contributed by atoms with E-state index >= 15 is 0 Å². The molecule has 2 N–H and O–H groups in total. The number of benzene rings is 1. The molecule has 0 amide bonds. The number of Topliss-reactive ketones (excluding diaryl/α,β-unsaturated/α-hetero) is 1. The first-order valence-electron chi connectivity index (χ1n) is 5.65. The van der Waals surface area contributed by atoms with E-state index in [9.17, 15) is 13.2 Å². The number of carbonyl (C=O) groups is 1. The second-order valence-electron chi connectivity index (χ2n) is 3.99. The molecule has 18 heavy (non-hydrogen) atoms. The van der Waals surface area contributed by atoms with E-state index in [-0.39, 0.29) is 17.3 Å². The predicted octanol–water partition coefficient (Wildman–Crippen LogP) is 0.938. The van der Waals surface area contributed by atoms with Gasteiger partial charge in [0.15, 0.2) is 5.78 Å². The van der Waals surface area contributed by atoms with Gasteiger partial charge in [-0.2, -0.15) is 0 Å². The van der Waals surface area contributed by atoms with Gasteiger partial charge in [-0.3, -0.25) is 4.79 Å². The molecule has 0 aliphatic heterocycles. The van der Waals surface area contributed by atoms with Crippen molar-refractivity contribution < 1.29 is 18.3 Å². The zero-order valence-corrected chi connectivity index (χ0v) is 11.2. The monoisotopic (exact) mass is 271 g/mol. The summed E-state index contributed by atoms with van der Waals surface area (Å²) in [4.78, 5) is 11.2. The van der Waals surface area contributed by atoms with Gasteiger partial charge in [0.2, 0.25) is 10.0 Å². The van der Waals surface area contributed by atoms with E-state index in [0.29, 0.717) is 12.0 Å². The Morgan fingerprint density at radius 1 is 1.44 bits per heavy atom. The number of nitrogens with one attached hydrogen (secondary N) is 1. The summed E-state index contributed by atoms with van der Waals surface area (Å²) in [5, 5.41) is 9.00. The number of aliphatic hydroxyl groups is 1. The predicted molar refractivity (Wildman–Crippen MR) is 67.9 cm³/mol. The molecule has 0 aliphatic carbocycles. The van der Waals surface area contributed by atoms with E-state index in [4.69, 9.17) is 5.11 Å².